The molecule has 1 N–H and O–H groups in total. The molecule has 0 aromatic heterocycles. The lowest BCUT2D eigenvalue weighted by molar-refractivity contribution is -0.138. The van der Waals surface area contributed by atoms with E-state index in [1.54, 1.807) is 0 Å². The van der Waals surface area contributed by atoms with Crippen LogP contribution in [0.25, 0.3) is 0 Å². The summed E-state index contributed by atoms with van der Waals surface area (Å²) in [5, 5.41) is 9.05. The van der Waals surface area contributed by atoms with Gasteiger partial charge in [0.05, 0.1) is 16.1 Å². The van der Waals surface area contributed by atoms with Crippen LogP contribution in [0.1, 0.15) is 36.8 Å². The summed E-state index contributed by atoms with van der Waals surface area (Å²) in [5.74, 6) is -1.01. The van der Waals surface area contributed by atoms with Crippen molar-refractivity contribution in [1.82, 2.24) is 0 Å². The van der Waals surface area contributed by atoms with E-state index in [0.29, 0.717) is 12.8 Å². The van der Waals surface area contributed by atoms with Crippen molar-refractivity contribution in [1.29, 1.82) is 0 Å². The molecule has 0 spiro atoms. The first-order valence-corrected chi connectivity index (χ1v) is 6.37. The van der Waals surface area contributed by atoms with E-state index < -0.39 is 28.1 Å². The van der Waals surface area contributed by atoms with Gasteiger partial charge in [-0.25, -0.2) is 4.79 Å². The molecular weight excluding hydrogens is 295 g/mol. The molecule has 1 fully saturated rings. The van der Waals surface area contributed by atoms with Crippen molar-refractivity contribution in [2.24, 2.45) is 4.99 Å². The van der Waals surface area contributed by atoms with Crippen LogP contribution in [0.3, 0.4) is 0 Å². The van der Waals surface area contributed by atoms with Gasteiger partial charge >= 0.3 is 6.18 Å². The van der Waals surface area contributed by atoms with Gasteiger partial charge in [-0.2, -0.15) is 18.2 Å². The number of benzene rings is 1. The van der Waals surface area contributed by atoms with Gasteiger partial charge < -0.3 is 5.11 Å². The van der Waals surface area contributed by atoms with Gasteiger partial charge in [-0.15, -0.1) is 0 Å². The number of aromatic hydroxyl groups is 1. The van der Waals surface area contributed by atoms with Crippen molar-refractivity contribution >= 4 is 17.7 Å². The monoisotopic (exact) mass is 305 g/mol. The molecule has 1 aromatic rings. The number of alkyl halides is 3. The fraction of sp³-hybridized carbons (Fsp3) is 0.462. The van der Waals surface area contributed by atoms with E-state index in [2.05, 4.69) is 4.99 Å². The largest absolute Gasteiger partial charge is 0.506 e. The number of hydrogen-bond donors (Lipinski definition) is 1. The average molecular weight is 306 g/mol. The van der Waals surface area contributed by atoms with Crippen LogP contribution in [-0.4, -0.2) is 11.2 Å². The SMILES string of the molecule is O=C=NC1(c2cc(Cl)c(O)c(C(F)(F)F)c2)CCCC1. The van der Waals surface area contributed by atoms with E-state index in [1.165, 1.54) is 12.1 Å². The molecule has 108 valence electrons. The summed E-state index contributed by atoms with van der Waals surface area (Å²) in [4.78, 5) is 14.3. The maximum atomic E-state index is 12.9. The summed E-state index contributed by atoms with van der Waals surface area (Å²) in [5.41, 5.74) is -2.04. The maximum absolute atomic E-state index is 12.9. The molecule has 0 radical (unpaired) electrons. The van der Waals surface area contributed by atoms with Crippen molar-refractivity contribution in [3.8, 4) is 5.75 Å². The number of halogens is 4. The molecule has 20 heavy (non-hydrogen) atoms. The number of carbonyl (C=O) groups excluding carboxylic acids is 1. The molecular formula is C13H11ClF3NO2. The Kier molecular flexibility index (Phi) is 3.80. The molecule has 0 heterocycles. The third-order valence-corrected chi connectivity index (χ3v) is 3.88. The predicted octanol–water partition coefficient (Wildman–Crippen LogP) is 4.17. The normalized spacial score (nSPS) is 17.8. The zero-order valence-electron chi connectivity index (χ0n) is 10.3. The van der Waals surface area contributed by atoms with Crippen molar-refractivity contribution in [3.63, 3.8) is 0 Å². The topological polar surface area (TPSA) is 49.7 Å². The van der Waals surface area contributed by atoms with Gasteiger partial charge in [0.1, 0.15) is 5.75 Å². The Morgan fingerprint density at radius 2 is 1.90 bits per heavy atom. The summed E-state index contributed by atoms with van der Waals surface area (Å²) in [6.45, 7) is 0. The van der Waals surface area contributed by atoms with Crippen LogP contribution in [0.15, 0.2) is 17.1 Å². The Morgan fingerprint density at radius 1 is 1.30 bits per heavy atom. The third kappa shape index (κ3) is 2.53. The highest BCUT2D eigenvalue weighted by Gasteiger charge is 2.40. The standard InChI is InChI=1S/C13H11ClF3NO2/c14-10-6-8(5-9(11(10)20)13(15,16)17)12(18-7-19)3-1-2-4-12/h5-6,20H,1-4H2. The van der Waals surface area contributed by atoms with Crippen LogP contribution >= 0.6 is 11.6 Å². The molecule has 0 atom stereocenters. The number of aliphatic imine (C=N–C) groups is 1. The van der Waals surface area contributed by atoms with Crippen molar-refractivity contribution in [3.05, 3.63) is 28.3 Å². The van der Waals surface area contributed by atoms with Crippen LogP contribution < -0.4 is 0 Å². The van der Waals surface area contributed by atoms with Crippen LogP contribution in [0.5, 0.6) is 5.75 Å². The number of phenolic OH excluding ortho intramolecular Hbond substituents is 1. The molecule has 0 aliphatic heterocycles. The maximum Gasteiger partial charge on any atom is 0.420 e. The van der Waals surface area contributed by atoms with Crippen molar-refractivity contribution < 1.29 is 23.1 Å². The second-order valence-electron chi connectivity index (χ2n) is 4.79. The van der Waals surface area contributed by atoms with E-state index in [0.717, 1.165) is 18.9 Å². The summed E-state index contributed by atoms with van der Waals surface area (Å²) in [6.07, 6.45) is -0.870. The van der Waals surface area contributed by atoms with Gasteiger partial charge in [0.2, 0.25) is 6.08 Å². The van der Waals surface area contributed by atoms with Gasteiger partial charge in [0.25, 0.3) is 0 Å². The first kappa shape index (κ1) is 14.9. The Bertz CT molecular complexity index is 574. The molecule has 1 aliphatic rings. The Labute approximate surface area is 118 Å². The fourth-order valence-electron chi connectivity index (χ4n) is 2.60. The van der Waals surface area contributed by atoms with E-state index >= 15 is 0 Å². The number of nitrogens with zero attached hydrogens (tertiary/aromatic N) is 1. The minimum Gasteiger partial charge on any atom is -0.506 e. The fourth-order valence-corrected chi connectivity index (χ4v) is 2.82. The molecule has 3 nitrogen and oxygen atoms in total. The van der Waals surface area contributed by atoms with E-state index in [4.69, 9.17) is 11.6 Å². The number of rotatable bonds is 2. The third-order valence-electron chi connectivity index (χ3n) is 3.60. The second-order valence-corrected chi connectivity index (χ2v) is 5.20. The lowest BCUT2D eigenvalue weighted by Crippen LogP contribution is -2.20. The average Bonchev–Trinajstić information content (AvgIpc) is 2.81. The summed E-state index contributed by atoms with van der Waals surface area (Å²) in [6, 6.07) is 2.05. The number of hydrogen-bond acceptors (Lipinski definition) is 3. The minimum atomic E-state index is -4.73. The highest BCUT2D eigenvalue weighted by atomic mass is 35.5. The molecule has 0 saturated heterocycles. The second kappa shape index (κ2) is 5.11. The van der Waals surface area contributed by atoms with Crippen LogP contribution in [-0.2, 0) is 16.5 Å². The van der Waals surface area contributed by atoms with E-state index in [1.807, 2.05) is 0 Å². The highest BCUT2D eigenvalue weighted by molar-refractivity contribution is 6.32. The predicted molar refractivity (Wildman–Crippen MR) is 66.4 cm³/mol. The van der Waals surface area contributed by atoms with Gasteiger partial charge in [-0.05, 0) is 30.5 Å². The summed E-state index contributed by atoms with van der Waals surface area (Å²) >= 11 is 5.68. The lowest BCUT2D eigenvalue weighted by Gasteiger charge is -2.24. The molecule has 2 rings (SSSR count). The molecule has 1 aliphatic carbocycles. The van der Waals surface area contributed by atoms with E-state index in [-0.39, 0.29) is 5.56 Å². The van der Waals surface area contributed by atoms with Crippen molar-refractivity contribution in [2.75, 3.05) is 0 Å². The molecule has 0 unspecified atom stereocenters. The molecule has 0 bridgehead atoms. The van der Waals surface area contributed by atoms with Gasteiger partial charge in [-0.3, -0.25) is 0 Å². The highest BCUT2D eigenvalue weighted by Crippen LogP contribution is 2.47. The molecule has 1 saturated carbocycles. The zero-order chi connectivity index (χ0) is 15.0. The smallest absolute Gasteiger partial charge is 0.420 e. The summed E-state index contributed by atoms with van der Waals surface area (Å²) < 4.78 is 38.6. The summed E-state index contributed by atoms with van der Waals surface area (Å²) in [7, 11) is 0. The Balaban J connectivity index is 2.63. The lowest BCUT2D eigenvalue weighted by atomic mass is 9.87. The Hall–Kier alpha value is -1.52. The molecule has 7 heteroatoms. The van der Waals surface area contributed by atoms with Crippen LogP contribution in [0.2, 0.25) is 5.02 Å². The zero-order valence-corrected chi connectivity index (χ0v) is 11.1. The van der Waals surface area contributed by atoms with Crippen LogP contribution in [0, 0.1) is 0 Å². The molecule has 1 aromatic carbocycles. The van der Waals surface area contributed by atoms with Crippen LogP contribution in [0.4, 0.5) is 13.2 Å². The van der Waals surface area contributed by atoms with E-state index in [9.17, 15) is 23.1 Å². The van der Waals surface area contributed by atoms with Gasteiger partial charge in [-0.1, -0.05) is 24.4 Å². The first-order chi connectivity index (χ1) is 9.30. The van der Waals surface area contributed by atoms with Crippen molar-refractivity contribution in [2.45, 2.75) is 37.4 Å². The van der Waals surface area contributed by atoms with Gasteiger partial charge in [0.15, 0.2) is 0 Å². The number of isocyanates is 1. The first-order valence-electron chi connectivity index (χ1n) is 5.99. The Morgan fingerprint density at radius 3 is 2.40 bits per heavy atom. The number of phenols is 1. The molecule has 0 amide bonds. The minimum absolute atomic E-state index is 0.188. The quantitative estimate of drug-likeness (QED) is 0.658. The van der Waals surface area contributed by atoms with Gasteiger partial charge in [0, 0.05) is 0 Å².